The fourth-order valence-corrected chi connectivity index (χ4v) is 4.66. The maximum atomic E-state index is 13.1. The fraction of sp³-hybridized carbons (Fsp3) is 0.227. The van der Waals surface area contributed by atoms with Crippen LogP contribution in [0, 0.1) is 17.9 Å². The Bertz CT molecular complexity index is 1350. The van der Waals surface area contributed by atoms with Crippen LogP contribution in [0.4, 0.5) is 23.7 Å². The van der Waals surface area contributed by atoms with E-state index in [2.05, 4.69) is 10.2 Å². The van der Waals surface area contributed by atoms with Gasteiger partial charge in [-0.2, -0.15) is 18.4 Å². The Morgan fingerprint density at radius 1 is 1.24 bits per heavy atom. The molecule has 1 N–H and O–H groups in total. The molecule has 1 heterocycles. The van der Waals surface area contributed by atoms with Gasteiger partial charge in [0.05, 0.1) is 40.5 Å². The standard InChI is InChI=1S/C22H17F3N4O3S/c1-4-33(31,32)18-10-14(12-26)8-9-17(18)20-19(27-3)13(2)29(21(30)28-20)16-7-5-6-15(11-16)22(23,24)25/h5-11,20H,4H2,1-2H3,(H,28,30)/t20-/m1/s1. The number of urea groups is 1. The summed E-state index contributed by atoms with van der Waals surface area (Å²) >= 11 is 0. The maximum absolute atomic E-state index is 13.1. The quantitative estimate of drug-likeness (QED) is 0.645. The Kier molecular flexibility index (Phi) is 6.21. The van der Waals surface area contributed by atoms with Crippen LogP contribution in [-0.4, -0.2) is 20.2 Å². The predicted octanol–water partition coefficient (Wildman–Crippen LogP) is 4.79. The van der Waals surface area contributed by atoms with Crippen LogP contribution < -0.4 is 10.2 Å². The summed E-state index contributed by atoms with van der Waals surface area (Å²) < 4.78 is 64.8. The fourth-order valence-electron chi connectivity index (χ4n) is 3.50. The van der Waals surface area contributed by atoms with E-state index < -0.39 is 33.6 Å². The summed E-state index contributed by atoms with van der Waals surface area (Å²) in [6.07, 6.45) is -4.63. The van der Waals surface area contributed by atoms with Gasteiger partial charge in [-0.1, -0.05) is 19.1 Å². The lowest BCUT2D eigenvalue weighted by Gasteiger charge is -2.34. The molecule has 0 bridgehead atoms. The van der Waals surface area contributed by atoms with Crippen LogP contribution in [0.25, 0.3) is 4.85 Å². The third kappa shape index (κ3) is 4.41. The van der Waals surface area contributed by atoms with E-state index in [1.54, 1.807) is 0 Å². The van der Waals surface area contributed by atoms with Gasteiger partial charge in [-0.3, -0.25) is 4.90 Å². The third-order valence-electron chi connectivity index (χ3n) is 5.17. The number of nitrogens with one attached hydrogen (secondary N) is 1. The number of allylic oxidation sites excluding steroid dienone is 1. The summed E-state index contributed by atoms with van der Waals surface area (Å²) in [5, 5.41) is 11.7. The molecule has 0 radical (unpaired) electrons. The minimum atomic E-state index is -4.63. The SMILES string of the molecule is [C-]#[N+]C1=C(C)N(c2cccc(C(F)(F)F)c2)C(=O)N[C@@H]1c1ccc(C#N)cc1S(=O)(=O)CC. The molecule has 0 saturated carbocycles. The molecule has 11 heteroatoms. The zero-order chi connectivity index (χ0) is 24.6. The first-order valence-electron chi connectivity index (χ1n) is 9.57. The van der Waals surface area contributed by atoms with Crippen molar-refractivity contribution in [2.24, 2.45) is 0 Å². The molecule has 1 atom stereocenters. The van der Waals surface area contributed by atoms with E-state index in [1.807, 2.05) is 6.07 Å². The first kappa shape index (κ1) is 23.8. The van der Waals surface area contributed by atoms with Crippen molar-refractivity contribution in [2.45, 2.75) is 31.0 Å². The number of anilines is 1. The highest BCUT2D eigenvalue weighted by Crippen LogP contribution is 2.38. The van der Waals surface area contributed by atoms with Crippen molar-refractivity contribution >= 4 is 21.6 Å². The lowest BCUT2D eigenvalue weighted by molar-refractivity contribution is -0.137. The van der Waals surface area contributed by atoms with E-state index in [0.717, 1.165) is 23.1 Å². The van der Waals surface area contributed by atoms with Crippen LogP contribution in [-0.2, 0) is 16.0 Å². The molecule has 2 aromatic rings. The van der Waals surface area contributed by atoms with E-state index in [0.29, 0.717) is 0 Å². The van der Waals surface area contributed by atoms with Gasteiger partial charge in [-0.15, -0.1) is 0 Å². The summed E-state index contributed by atoms with van der Waals surface area (Å²) in [6.45, 7) is 10.4. The van der Waals surface area contributed by atoms with Gasteiger partial charge in [0.25, 0.3) is 0 Å². The number of rotatable bonds is 4. The van der Waals surface area contributed by atoms with Gasteiger partial charge in [0.15, 0.2) is 9.84 Å². The Labute approximate surface area is 188 Å². The largest absolute Gasteiger partial charge is 0.416 e. The maximum Gasteiger partial charge on any atom is 0.416 e. The number of nitriles is 1. The van der Waals surface area contributed by atoms with E-state index in [1.165, 1.54) is 38.1 Å². The van der Waals surface area contributed by atoms with Crippen molar-refractivity contribution in [2.75, 3.05) is 10.7 Å². The molecule has 7 nitrogen and oxygen atoms in total. The topological polar surface area (TPSA) is 94.6 Å². The van der Waals surface area contributed by atoms with E-state index in [9.17, 15) is 26.4 Å². The number of alkyl halides is 3. The number of sulfone groups is 1. The molecule has 0 unspecified atom stereocenters. The van der Waals surface area contributed by atoms with Crippen molar-refractivity contribution in [1.29, 1.82) is 5.26 Å². The second-order valence-electron chi connectivity index (χ2n) is 7.12. The third-order valence-corrected chi connectivity index (χ3v) is 6.96. The molecule has 0 aromatic heterocycles. The number of benzene rings is 2. The van der Waals surface area contributed by atoms with Crippen molar-refractivity contribution in [3.63, 3.8) is 0 Å². The molecule has 0 fully saturated rings. The van der Waals surface area contributed by atoms with E-state index >= 15 is 0 Å². The lowest BCUT2D eigenvalue weighted by Crippen LogP contribution is -2.46. The van der Waals surface area contributed by atoms with Gasteiger partial charge in [-0.05, 0) is 42.8 Å². The molecule has 33 heavy (non-hydrogen) atoms. The number of carbonyl (C=O) groups excluding carboxylic acids is 1. The molecule has 1 aliphatic heterocycles. The van der Waals surface area contributed by atoms with Gasteiger partial charge in [-0.25, -0.2) is 18.1 Å². The van der Waals surface area contributed by atoms with E-state index in [4.69, 9.17) is 11.8 Å². The van der Waals surface area contributed by atoms with Crippen LogP contribution >= 0.6 is 0 Å². The molecule has 0 saturated heterocycles. The monoisotopic (exact) mass is 474 g/mol. The van der Waals surface area contributed by atoms with Crippen molar-refractivity contribution < 1.29 is 26.4 Å². The second kappa shape index (κ2) is 8.60. The van der Waals surface area contributed by atoms with Crippen LogP contribution in [0.15, 0.2) is 58.8 Å². The van der Waals surface area contributed by atoms with Crippen LogP contribution in [0.2, 0.25) is 0 Å². The Balaban J connectivity index is 2.19. The molecular formula is C22H17F3N4O3S. The summed E-state index contributed by atoms with van der Waals surface area (Å²) in [4.78, 5) is 17.2. The average molecular weight is 474 g/mol. The van der Waals surface area contributed by atoms with Crippen LogP contribution in [0.1, 0.15) is 36.6 Å². The average Bonchev–Trinajstić information content (AvgIpc) is 2.78. The predicted molar refractivity (Wildman–Crippen MR) is 113 cm³/mol. The highest BCUT2D eigenvalue weighted by molar-refractivity contribution is 7.91. The number of amides is 2. The lowest BCUT2D eigenvalue weighted by atomic mass is 9.99. The van der Waals surface area contributed by atoms with Crippen LogP contribution in [0.3, 0.4) is 0 Å². The molecule has 170 valence electrons. The molecule has 1 aliphatic rings. The smallest absolute Gasteiger partial charge is 0.335 e. The minimum absolute atomic E-state index is 0.0577. The minimum Gasteiger partial charge on any atom is -0.335 e. The normalized spacial score (nSPS) is 16.8. The second-order valence-corrected chi connectivity index (χ2v) is 9.36. The molecule has 2 amide bonds. The zero-order valence-electron chi connectivity index (χ0n) is 17.4. The summed E-state index contributed by atoms with van der Waals surface area (Å²) in [5.41, 5.74) is -0.885. The Morgan fingerprint density at radius 2 is 1.94 bits per heavy atom. The number of halogens is 3. The van der Waals surface area contributed by atoms with Gasteiger partial charge >= 0.3 is 12.2 Å². The Morgan fingerprint density at radius 3 is 2.52 bits per heavy atom. The van der Waals surface area contributed by atoms with Crippen LogP contribution in [0.5, 0.6) is 0 Å². The highest BCUT2D eigenvalue weighted by Gasteiger charge is 2.37. The first-order valence-corrected chi connectivity index (χ1v) is 11.2. The zero-order valence-corrected chi connectivity index (χ0v) is 18.3. The van der Waals surface area contributed by atoms with Gasteiger partial charge in [0, 0.05) is 11.4 Å². The molecule has 0 spiro atoms. The van der Waals surface area contributed by atoms with Crippen molar-refractivity contribution in [1.82, 2.24) is 5.32 Å². The number of hydrogen-bond acceptors (Lipinski definition) is 4. The summed E-state index contributed by atoms with van der Waals surface area (Å²) in [7, 11) is -3.83. The van der Waals surface area contributed by atoms with Crippen molar-refractivity contribution in [3.8, 4) is 6.07 Å². The summed E-state index contributed by atoms with van der Waals surface area (Å²) in [6, 6.07) is 7.86. The molecular weight excluding hydrogens is 457 g/mol. The summed E-state index contributed by atoms with van der Waals surface area (Å²) in [5.74, 6) is -0.276. The number of nitrogens with zero attached hydrogens (tertiary/aromatic N) is 3. The molecule has 2 aromatic carbocycles. The Hall–Kier alpha value is -3.83. The van der Waals surface area contributed by atoms with Gasteiger partial charge in [0.2, 0.25) is 5.70 Å². The number of hydrogen-bond donors (Lipinski definition) is 1. The van der Waals surface area contributed by atoms with E-state index in [-0.39, 0.29) is 38.9 Å². The van der Waals surface area contributed by atoms with Gasteiger partial charge in [0.1, 0.15) is 0 Å². The van der Waals surface area contributed by atoms with Crippen molar-refractivity contribution in [3.05, 3.63) is 82.0 Å². The number of carbonyl (C=O) groups is 1. The first-order chi connectivity index (χ1) is 15.4. The van der Waals surface area contributed by atoms with Gasteiger partial charge < -0.3 is 5.32 Å². The highest BCUT2D eigenvalue weighted by atomic mass is 32.2. The molecule has 0 aliphatic carbocycles. The molecule has 3 rings (SSSR count).